The number of hydrogen-bond donors (Lipinski definition) is 1. The topological polar surface area (TPSA) is 12.0 Å². The van der Waals surface area contributed by atoms with Crippen LogP contribution < -0.4 is 5.32 Å². The Hall–Kier alpha value is -0.980. The molecule has 1 atom stereocenters. The van der Waals surface area contributed by atoms with Gasteiger partial charge in [-0.25, -0.2) is 0 Å². The summed E-state index contributed by atoms with van der Waals surface area (Å²) >= 11 is 0. The molecule has 58 valence electrons. The minimum atomic E-state index is 0.617. The Kier molecular flexibility index (Phi) is 1.38. The van der Waals surface area contributed by atoms with Crippen molar-refractivity contribution in [1.82, 2.24) is 0 Å². The molecular formula is C10H13N. The van der Waals surface area contributed by atoms with Crippen LogP contribution >= 0.6 is 0 Å². The monoisotopic (exact) mass is 147 g/mol. The minimum absolute atomic E-state index is 0.617. The van der Waals surface area contributed by atoms with Gasteiger partial charge in [-0.05, 0) is 31.4 Å². The molecule has 1 aromatic rings. The van der Waals surface area contributed by atoms with Gasteiger partial charge >= 0.3 is 0 Å². The van der Waals surface area contributed by atoms with Crippen LogP contribution in [-0.2, 0) is 6.42 Å². The molecule has 1 aliphatic rings. The van der Waals surface area contributed by atoms with E-state index in [2.05, 4.69) is 37.4 Å². The lowest BCUT2D eigenvalue weighted by Gasteiger charge is -2.04. The van der Waals surface area contributed by atoms with Crippen LogP contribution in [0.5, 0.6) is 0 Å². The van der Waals surface area contributed by atoms with Gasteiger partial charge in [-0.3, -0.25) is 0 Å². The number of anilines is 1. The van der Waals surface area contributed by atoms with Crippen LogP contribution in [-0.4, -0.2) is 6.04 Å². The molecule has 0 radical (unpaired) electrons. The zero-order chi connectivity index (χ0) is 7.84. The first-order chi connectivity index (χ1) is 5.27. The average Bonchev–Trinajstić information content (AvgIpc) is 2.31. The van der Waals surface area contributed by atoms with E-state index >= 15 is 0 Å². The summed E-state index contributed by atoms with van der Waals surface area (Å²) in [7, 11) is 0. The van der Waals surface area contributed by atoms with Crippen LogP contribution in [0.4, 0.5) is 5.69 Å². The van der Waals surface area contributed by atoms with Crippen molar-refractivity contribution in [3.8, 4) is 0 Å². The van der Waals surface area contributed by atoms with E-state index in [1.54, 1.807) is 0 Å². The zero-order valence-electron chi connectivity index (χ0n) is 7.02. The lowest BCUT2D eigenvalue weighted by atomic mass is 10.1. The maximum absolute atomic E-state index is 3.47. The van der Waals surface area contributed by atoms with E-state index < -0.39 is 0 Å². The molecule has 1 aliphatic heterocycles. The van der Waals surface area contributed by atoms with Crippen LogP contribution in [0.1, 0.15) is 18.1 Å². The van der Waals surface area contributed by atoms with Crippen molar-refractivity contribution in [2.45, 2.75) is 26.3 Å². The van der Waals surface area contributed by atoms with E-state index in [0.717, 1.165) is 0 Å². The van der Waals surface area contributed by atoms with Gasteiger partial charge in [-0.2, -0.15) is 0 Å². The van der Waals surface area contributed by atoms with Crippen molar-refractivity contribution in [2.24, 2.45) is 0 Å². The van der Waals surface area contributed by atoms with Crippen LogP contribution in [0, 0.1) is 6.92 Å². The first kappa shape index (κ1) is 6.71. The van der Waals surface area contributed by atoms with Gasteiger partial charge in [0.1, 0.15) is 0 Å². The molecule has 1 nitrogen and oxygen atoms in total. The quantitative estimate of drug-likeness (QED) is 0.594. The molecule has 0 amide bonds. The van der Waals surface area contributed by atoms with Gasteiger partial charge in [-0.1, -0.05) is 18.2 Å². The third kappa shape index (κ3) is 1.01. The summed E-state index contributed by atoms with van der Waals surface area (Å²) in [5, 5.41) is 3.47. The molecule has 2 rings (SSSR count). The normalized spacial score (nSPS) is 21.1. The lowest BCUT2D eigenvalue weighted by molar-refractivity contribution is 0.839. The molecule has 0 aliphatic carbocycles. The Morgan fingerprint density at radius 1 is 1.45 bits per heavy atom. The molecule has 0 saturated carbocycles. The third-order valence-electron chi connectivity index (χ3n) is 2.28. The molecule has 0 spiro atoms. The summed E-state index contributed by atoms with van der Waals surface area (Å²) in [5.74, 6) is 0. The number of benzene rings is 1. The summed E-state index contributed by atoms with van der Waals surface area (Å²) in [6.45, 7) is 4.38. The van der Waals surface area contributed by atoms with Crippen LogP contribution in [0.15, 0.2) is 18.2 Å². The Balaban J connectivity index is 2.49. The maximum Gasteiger partial charge on any atom is 0.0405 e. The molecule has 0 bridgehead atoms. The fourth-order valence-electron chi connectivity index (χ4n) is 1.73. The molecule has 0 aromatic heterocycles. The zero-order valence-corrected chi connectivity index (χ0v) is 7.02. The van der Waals surface area contributed by atoms with E-state index in [0.29, 0.717) is 6.04 Å². The molecule has 1 aromatic carbocycles. The Labute approximate surface area is 67.4 Å². The van der Waals surface area contributed by atoms with E-state index in [4.69, 9.17) is 0 Å². The minimum Gasteiger partial charge on any atom is -0.382 e. The molecule has 0 saturated heterocycles. The SMILES string of the molecule is Cc1cccc2c1N[C@@H](C)C2. The summed E-state index contributed by atoms with van der Waals surface area (Å²) in [6, 6.07) is 7.11. The van der Waals surface area contributed by atoms with E-state index in [9.17, 15) is 0 Å². The van der Waals surface area contributed by atoms with Crippen molar-refractivity contribution in [3.05, 3.63) is 29.3 Å². The largest absolute Gasteiger partial charge is 0.382 e. The van der Waals surface area contributed by atoms with E-state index in [-0.39, 0.29) is 0 Å². The number of nitrogens with one attached hydrogen (secondary N) is 1. The van der Waals surface area contributed by atoms with Crippen molar-refractivity contribution in [2.75, 3.05) is 5.32 Å². The first-order valence-electron chi connectivity index (χ1n) is 4.12. The van der Waals surface area contributed by atoms with Crippen LogP contribution in [0.2, 0.25) is 0 Å². The average molecular weight is 147 g/mol. The number of rotatable bonds is 0. The second-order valence-corrected chi connectivity index (χ2v) is 3.36. The predicted octanol–water partition coefficient (Wildman–Crippen LogP) is 2.35. The molecule has 1 heterocycles. The van der Waals surface area contributed by atoms with Gasteiger partial charge in [0.05, 0.1) is 0 Å². The smallest absolute Gasteiger partial charge is 0.0405 e. The number of hydrogen-bond acceptors (Lipinski definition) is 1. The Morgan fingerprint density at radius 3 is 3.00 bits per heavy atom. The fourth-order valence-corrected chi connectivity index (χ4v) is 1.73. The second kappa shape index (κ2) is 2.26. The Morgan fingerprint density at radius 2 is 2.27 bits per heavy atom. The summed E-state index contributed by atoms with van der Waals surface area (Å²) < 4.78 is 0. The summed E-state index contributed by atoms with van der Waals surface area (Å²) in [5.41, 5.74) is 4.20. The van der Waals surface area contributed by atoms with E-state index in [1.165, 1.54) is 23.2 Å². The highest BCUT2D eigenvalue weighted by Crippen LogP contribution is 2.28. The van der Waals surface area contributed by atoms with Gasteiger partial charge in [0.2, 0.25) is 0 Å². The molecular weight excluding hydrogens is 134 g/mol. The summed E-state index contributed by atoms with van der Waals surface area (Å²) in [6.07, 6.45) is 1.18. The van der Waals surface area contributed by atoms with Crippen molar-refractivity contribution < 1.29 is 0 Å². The second-order valence-electron chi connectivity index (χ2n) is 3.36. The molecule has 1 N–H and O–H groups in total. The third-order valence-corrected chi connectivity index (χ3v) is 2.28. The Bertz CT molecular complexity index is 278. The van der Waals surface area contributed by atoms with Crippen molar-refractivity contribution in [1.29, 1.82) is 0 Å². The highest BCUT2D eigenvalue weighted by atomic mass is 14.9. The maximum atomic E-state index is 3.47. The van der Waals surface area contributed by atoms with Crippen LogP contribution in [0.3, 0.4) is 0 Å². The standard InChI is InChI=1S/C10H13N/c1-7-4-3-5-9-6-8(2)11-10(7)9/h3-5,8,11H,6H2,1-2H3/t8-/m0/s1. The van der Waals surface area contributed by atoms with Gasteiger partial charge < -0.3 is 5.32 Å². The predicted molar refractivity (Wildman–Crippen MR) is 48.0 cm³/mol. The van der Waals surface area contributed by atoms with Gasteiger partial charge in [0.25, 0.3) is 0 Å². The van der Waals surface area contributed by atoms with Gasteiger partial charge in [0.15, 0.2) is 0 Å². The molecule has 0 fully saturated rings. The number of para-hydroxylation sites is 1. The van der Waals surface area contributed by atoms with Crippen LogP contribution in [0.25, 0.3) is 0 Å². The highest BCUT2D eigenvalue weighted by Gasteiger charge is 2.16. The van der Waals surface area contributed by atoms with Crippen molar-refractivity contribution in [3.63, 3.8) is 0 Å². The highest BCUT2D eigenvalue weighted by molar-refractivity contribution is 5.61. The van der Waals surface area contributed by atoms with Crippen molar-refractivity contribution >= 4 is 5.69 Å². The van der Waals surface area contributed by atoms with Gasteiger partial charge in [0, 0.05) is 11.7 Å². The van der Waals surface area contributed by atoms with E-state index in [1.807, 2.05) is 0 Å². The summed E-state index contributed by atoms with van der Waals surface area (Å²) in [4.78, 5) is 0. The molecule has 0 unspecified atom stereocenters. The molecule has 1 heteroatoms. The fraction of sp³-hybridized carbons (Fsp3) is 0.400. The molecule has 11 heavy (non-hydrogen) atoms. The lowest BCUT2D eigenvalue weighted by Crippen LogP contribution is -2.08. The number of fused-ring (bicyclic) bond motifs is 1. The first-order valence-corrected chi connectivity index (χ1v) is 4.12. The number of aryl methyl sites for hydroxylation is 1. The van der Waals surface area contributed by atoms with Gasteiger partial charge in [-0.15, -0.1) is 0 Å².